The Morgan fingerprint density at radius 2 is 1.68 bits per heavy atom. The molecule has 1 aromatic heterocycles. The van der Waals surface area contributed by atoms with E-state index < -0.39 is 0 Å². The maximum absolute atomic E-state index is 5.62. The minimum Gasteiger partial charge on any atom is -0.465 e. The Morgan fingerprint density at radius 1 is 1.00 bits per heavy atom. The van der Waals surface area contributed by atoms with Gasteiger partial charge in [0.1, 0.15) is 11.5 Å². The fraction of sp³-hybridized carbons (Fsp3) is 0.412. The highest BCUT2D eigenvalue weighted by Gasteiger charge is 2.08. The van der Waals surface area contributed by atoms with E-state index in [2.05, 4.69) is 50.4 Å². The molecule has 0 radical (unpaired) electrons. The third-order valence-corrected chi connectivity index (χ3v) is 3.45. The van der Waals surface area contributed by atoms with Crippen LogP contribution >= 0.6 is 0 Å². The molecular weight excluding hydrogens is 234 g/mol. The van der Waals surface area contributed by atoms with Crippen LogP contribution in [0.5, 0.6) is 0 Å². The van der Waals surface area contributed by atoms with Gasteiger partial charge in [0, 0.05) is 6.54 Å². The van der Waals surface area contributed by atoms with Crippen molar-refractivity contribution in [1.82, 2.24) is 5.32 Å². The van der Waals surface area contributed by atoms with E-state index in [0.29, 0.717) is 5.92 Å². The second kappa shape index (κ2) is 6.07. The van der Waals surface area contributed by atoms with Gasteiger partial charge >= 0.3 is 0 Å². The van der Waals surface area contributed by atoms with Gasteiger partial charge in [-0.2, -0.15) is 0 Å². The molecule has 0 saturated heterocycles. The summed E-state index contributed by atoms with van der Waals surface area (Å²) in [6.07, 6.45) is 0. The van der Waals surface area contributed by atoms with E-state index in [0.717, 1.165) is 18.1 Å². The van der Waals surface area contributed by atoms with Crippen LogP contribution in [0.4, 0.5) is 0 Å². The third kappa shape index (κ3) is 3.71. The maximum atomic E-state index is 5.62. The van der Waals surface area contributed by atoms with Crippen molar-refractivity contribution < 1.29 is 4.42 Å². The highest BCUT2D eigenvalue weighted by Crippen LogP contribution is 2.17. The van der Waals surface area contributed by atoms with E-state index in [4.69, 9.17) is 4.42 Å². The molecule has 1 aromatic carbocycles. The van der Waals surface area contributed by atoms with E-state index in [-0.39, 0.29) is 6.04 Å². The highest BCUT2D eigenvalue weighted by atomic mass is 16.3. The number of benzene rings is 1. The van der Waals surface area contributed by atoms with Gasteiger partial charge in [-0.05, 0) is 43.0 Å². The number of rotatable bonds is 5. The van der Waals surface area contributed by atoms with Crippen LogP contribution in [0.15, 0.2) is 40.8 Å². The van der Waals surface area contributed by atoms with Crippen molar-refractivity contribution in [2.75, 3.05) is 0 Å². The zero-order chi connectivity index (χ0) is 13.8. The van der Waals surface area contributed by atoms with Crippen LogP contribution in [0.3, 0.4) is 0 Å². The molecule has 19 heavy (non-hydrogen) atoms. The summed E-state index contributed by atoms with van der Waals surface area (Å²) in [5.41, 5.74) is 2.69. The Balaban J connectivity index is 1.91. The van der Waals surface area contributed by atoms with Gasteiger partial charge in [-0.1, -0.05) is 38.1 Å². The van der Waals surface area contributed by atoms with Crippen molar-refractivity contribution in [2.24, 2.45) is 0 Å². The molecule has 0 fully saturated rings. The van der Waals surface area contributed by atoms with Crippen molar-refractivity contribution in [1.29, 1.82) is 0 Å². The van der Waals surface area contributed by atoms with Gasteiger partial charge < -0.3 is 9.73 Å². The average Bonchev–Trinajstić information content (AvgIpc) is 2.83. The predicted molar refractivity (Wildman–Crippen MR) is 79.2 cm³/mol. The van der Waals surface area contributed by atoms with Crippen molar-refractivity contribution in [3.05, 3.63) is 59.0 Å². The molecule has 0 spiro atoms. The van der Waals surface area contributed by atoms with Gasteiger partial charge in [-0.25, -0.2) is 0 Å². The first-order chi connectivity index (χ1) is 9.06. The minimum atomic E-state index is 0.235. The Labute approximate surface area is 115 Å². The Bertz CT molecular complexity index is 510. The summed E-state index contributed by atoms with van der Waals surface area (Å²) in [6.45, 7) is 9.39. The molecule has 1 N–H and O–H groups in total. The maximum Gasteiger partial charge on any atom is 0.120 e. The molecular formula is C17H23NO. The molecule has 2 aromatic rings. The zero-order valence-electron chi connectivity index (χ0n) is 12.2. The third-order valence-electron chi connectivity index (χ3n) is 3.45. The molecule has 2 nitrogen and oxygen atoms in total. The monoisotopic (exact) mass is 257 g/mol. The number of nitrogens with one attached hydrogen (secondary N) is 1. The molecule has 102 valence electrons. The van der Waals surface area contributed by atoms with Crippen LogP contribution in [-0.2, 0) is 6.54 Å². The Kier molecular flexibility index (Phi) is 4.43. The van der Waals surface area contributed by atoms with Crippen LogP contribution in [-0.4, -0.2) is 0 Å². The summed E-state index contributed by atoms with van der Waals surface area (Å²) < 4.78 is 5.62. The molecule has 0 aliphatic carbocycles. The molecule has 2 heteroatoms. The van der Waals surface area contributed by atoms with Gasteiger partial charge in [0.05, 0.1) is 6.04 Å². The first-order valence-electron chi connectivity index (χ1n) is 6.95. The molecule has 0 bridgehead atoms. The Morgan fingerprint density at radius 3 is 2.21 bits per heavy atom. The van der Waals surface area contributed by atoms with E-state index >= 15 is 0 Å². The summed E-state index contributed by atoms with van der Waals surface area (Å²) >= 11 is 0. The minimum absolute atomic E-state index is 0.235. The molecule has 1 atom stereocenters. The van der Waals surface area contributed by atoms with Crippen molar-refractivity contribution >= 4 is 0 Å². The second-order valence-corrected chi connectivity index (χ2v) is 5.45. The van der Waals surface area contributed by atoms with Crippen LogP contribution < -0.4 is 5.32 Å². The lowest BCUT2D eigenvalue weighted by molar-refractivity contribution is 0.416. The second-order valence-electron chi connectivity index (χ2n) is 5.45. The molecule has 0 aliphatic heterocycles. The summed E-state index contributed by atoms with van der Waals surface area (Å²) in [5.74, 6) is 2.55. The van der Waals surface area contributed by atoms with Crippen molar-refractivity contribution in [3.63, 3.8) is 0 Å². The molecule has 0 aliphatic rings. The van der Waals surface area contributed by atoms with Crippen molar-refractivity contribution in [2.45, 2.75) is 46.2 Å². The first kappa shape index (κ1) is 13.9. The molecule has 1 unspecified atom stereocenters. The normalized spacial score (nSPS) is 12.9. The van der Waals surface area contributed by atoms with Crippen LogP contribution in [0, 0.1) is 6.92 Å². The predicted octanol–water partition coefficient (Wildman–Crippen LogP) is 4.56. The van der Waals surface area contributed by atoms with Crippen molar-refractivity contribution in [3.8, 4) is 0 Å². The summed E-state index contributed by atoms with van der Waals surface area (Å²) in [7, 11) is 0. The number of aryl methyl sites for hydroxylation is 1. The fourth-order valence-electron chi connectivity index (χ4n) is 2.08. The lowest BCUT2D eigenvalue weighted by atomic mass is 10.0. The molecule has 0 amide bonds. The zero-order valence-corrected chi connectivity index (χ0v) is 12.2. The average molecular weight is 257 g/mol. The van der Waals surface area contributed by atoms with Gasteiger partial charge in [-0.3, -0.25) is 0 Å². The lowest BCUT2D eigenvalue weighted by Gasteiger charge is -2.12. The standard InChI is InChI=1S/C17H23NO/c1-12(2)16-8-6-15(7-9-16)11-18-14(4)17-10-5-13(3)19-17/h5-10,12,14,18H,11H2,1-4H3. The van der Waals surface area contributed by atoms with Gasteiger partial charge in [-0.15, -0.1) is 0 Å². The Hall–Kier alpha value is -1.54. The first-order valence-corrected chi connectivity index (χ1v) is 6.95. The van der Waals surface area contributed by atoms with Crippen LogP contribution in [0.25, 0.3) is 0 Å². The van der Waals surface area contributed by atoms with E-state index in [1.807, 2.05) is 19.1 Å². The van der Waals surface area contributed by atoms with Gasteiger partial charge in [0.15, 0.2) is 0 Å². The topological polar surface area (TPSA) is 25.2 Å². The van der Waals surface area contributed by atoms with Crippen LogP contribution in [0.2, 0.25) is 0 Å². The molecule has 2 rings (SSSR count). The lowest BCUT2D eigenvalue weighted by Crippen LogP contribution is -2.17. The molecule has 0 saturated carbocycles. The summed E-state index contributed by atoms with van der Waals surface area (Å²) in [6, 6.07) is 13.1. The molecule has 1 heterocycles. The van der Waals surface area contributed by atoms with E-state index in [9.17, 15) is 0 Å². The van der Waals surface area contributed by atoms with E-state index in [1.54, 1.807) is 0 Å². The number of hydrogen-bond donors (Lipinski definition) is 1. The summed E-state index contributed by atoms with van der Waals surface area (Å²) in [4.78, 5) is 0. The van der Waals surface area contributed by atoms with E-state index in [1.165, 1.54) is 11.1 Å². The SMILES string of the molecule is Cc1ccc(C(C)NCc2ccc(C(C)C)cc2)o1. The number of furan rings is 1. The van der Waals surface area contributed by atoms with Gasteiger partial charge in [0.25, 0.3) is 0 Å². The highest BCUT2D eigenvalue weighted by molar-refractivity contribution is 5.24. The van der Waals surface area contributed by atoms with Crippen LogP contribution in [0.1, 0.15) is 55.4 Å². The fourth-order valence-corrected chi connectivity index (χ4v) is 2.08. The quantitative estimate of drug-likeness (QED) is 0.849. The summed E-state index contributed by atoms with van der Waals surface area (Å²) in [5, 5.41) is 3.48. The smallest absolute Gasteiger partial charge is 0.120 e. The number of hydrogen-bond acceptors (Lipinski definition) is 2. The largest absolute Gasteiger partial charge is 0.465 e. The van der Waals surface area contributed by atoms with Gasteiger partial charge in [0.2, 0.25) is 0 Å².